The average molecular weight is 274 g/mol. The summed E-state index contributed by atoms with van der Waals surface area (Å²) in [5, 5.41) is 3.70. The summed E-state index contributed by atoms with van der Waals surface area (Å²) in [6.45, 7) is 4.99. The van der Waals surface area contributed by atoms with E-state index in [2.05, 4.69) is 34.5 Å². The molecule has 1 heterocycles. The Balaban J connectivity index is 1.35. The summed E-state index contributed by atoms with van der Waals surface area (Å²) in [6.07, 6.45) is 5.35. The lowest BCUT2D eigenvalue weighted by atomic mass is 9.76. The van der Waals surface area contributed by atoms with Gasteiger partial charge >= 0.3 is 0 Å². The van der Waals surface area contributed by atoms with Crippen LogP contribution in [-0.4, -0.2) is 44.2 Å². The molecule has 2 aliphatic rings. The predicted octanol–water partition coefficient (Wildman–Crippen LogP) is 2.63. The van der Waals surface area contributed by atoms with E-state index in [1.165, 1.54) is 50.9 Å². The van der Waals surface area contributed by atoms with Crippen molar-refractivity contribution in [1.82, 2.24) is 10.2 Å². The normalized spacial score (nSPS) is 26.4. The second kappa shape index (κ2) is 6.59. The number of rotatable bonds is 6. The van der Waals surface area contributed by atoms with Crippen LogP contribution in [0.2, 0.25) is 0 Å². The lowest BCUT2D eigenvalue weighted by molar-refractivity contribution is 0.266. The van der Waals surface area contributed by atoms with Gasteiger partial charge in [0.2, 0.25) is 0 Å². The lowest BCUT2D eigenvalue weighted by Crippen LogP contribution is -2.43. The topological polar surface area (TPSA) is 24.5 Å². The fourth-order valence-corrected chi connectivity index (χ4v) is 3.37. The van der Waals surface area contributed by atoms with Crippen LogP contribution in [0, 0.1) is 0 Å². The van der Waals surface area contributed by atoms with E-state index in [4.69, 9.17) is 4.74 Å². The van der Waals surface area contributed by atoms with Crippen molar-refractivity contribution in [2.45, 2.75) is 37.6 Å². The zero-order valence-corrected chi connectivity index (χ0v) is 12.5. The Labute approximate surface area is 122 Å². The van der Waals surface area contributed by atoms with Crippen molar-refractivity contribution in [2.24, 2.45) is 0 Å². The van der Waals surface area contributed by atoms with Gasteiger partial charge in [-0.15, -0.1) is 0 Å². The minimum atomic E-state index is 0.727. The Morgan fingerprint density at radius 2 is 1.85 bits per heavy atom. The third kappa shape index (κ3) is 3.33. The fourth-order valence-electron chi connectivity index (χ4n) is 3.37. The Kier molecular flexibility index (Phi) is 4.58. The number of nitrogens with one attached hydrogen (secondary N) is 1. The van der Waals surface area contributed by atoms with E-state index in [-0.39, 0.29) is 0 Å². The summed E-state index contributed by atoms with van der Waals surface area (Å²) in [5.41, 5.74) is 1.46. The Hall–Kier alpha value is -1.06. The molecule has 0 bridgehead atoms. The van der Waals surface area contributed by atoms with Crippen molar-refractivity contribution in [3.8, 4) is 5.75 Å². The van der Waals surface area contributed by atoms with Crippen LogP contribution < -0.4 is 10.1 Å². The molecule has 110 valence electrons. The van der Waals surface area contributed by atoms with E-state index >= 15 is 0 Å². The minimum Gasteiger partial charge on any atom is -0.497 e. The molecule has 0 amide bonds. The molecule has 0 spiro atoms. The van der Waals surface area contributed by atoms with Crippen LogP contribution in [0.25, 0.3) is 0 Å². The summed E-state index contributed by atoms with van der Waals surface area (Å²) in [7, 11) is 1.72. The molecule has 1 aromatic carbocycles. The molecule has 3 heteroatoms. The van der Waals surface area contributed by atoms with Gasteiger partial charge in [0, 0.05) is 19.1 Å². The van der Waals surface area contributed by atoms with E-state index in [1.807, 2.05) is 0 Å². The number of hydrogen-bond acceptors (Lipinski definition) is 3. The molecular weight excluding hydrogens is 248 g/mol. The van der Waals surface area contributed by atoms with Crippen LogP contribution in [0.15, 0.2) is 24.3 Å². The standard InChI is InChI=1S/C17H26N2O/c1-20-17-6-4-14(5-7-17)15-12-16(13-15)18-8-11-19-9-2-3-10-19/h4-7,15-16,18H,2-3,8-13H2,1H3. The summed E-state index contributed by atoms with van der Waals surface area (Å²) < 4.78 is 5.21. The van der Waals surface area contributed by atoms with Crippen molar-refractivity contribution in [1.29, 1.82) is 0 Å². The van der Waals surface area contributed by atoms with Crippen molar-refractivity contribution in [3.05, 3.63) is 29.8 Å². The molecule has 0 aromatic heterocycles. The van der Waals surface area contributed by atoms with Crippen LogP contribution >= 0.6 is 0 Å². The molecule has 3 nitrogen and oxygen atoms in total. The molecule has 1 saturated heterocycles. The van der Waals surface area contributed by atoms with Crippen LogP contribution in [-0.2, 0) is 0 Å². The maximum atomic E-state index is 5.21. The number of benzene rings is 1. The van der Waals surface area contributed by atoms with Gasteiger partial charge in [-0.2, -0.15) is 0 Å². The zero-order chi connectivity index (χ0) is 13.8. The van der Waals surface area contributed by atoms with E-state index in [1.54, 1.807) is 7.11 Å². The Bertz CT molecular complexity index is 406. The predicted molar refractivity (Wildman–Crippen MR) is 82.4 cm³/mol. The molecule has 0 atom stereocenters. The zero-order valence-electron chi connectivity index (χ0n) is 12.5. The smallest absolute Gasteiger partial charge is 0.118 e. The van der Waals surface area contributed by atoms with Gasteiger partial charge in [-0.25, -0.2) is 0 Å². The summed E-state index contributed by atoms with van der Waals surface area (Å²) in [5.74, 6) is 1.69. The molecule has 1 aliphatic heterocycles. The van der Waals surface area contributed by atoms with Gasteiger partial charge in [-0.3, -0.25) is 0 Å². The maximum Gasteiger partial charge on any atom is 0.118 e. The molecule has 2 fully saturated rings. The van der Waals surface area contributed by atoms with Gasteiger partial charge in [0.1, 0.15) is 5.75 Å². The SMILES string of the molecule is COc1ccc(C2CC(NCCN3CCCC3)C2)cc1. The van der Waals surface area contributed by atoms with Crippen molar-refractivity contribution in [2.75, 3.05) is 33.3 Å². The van der Waals surface area contributed by atoms with Crippen LogP contribution in [0.1, 0.15) is 37.2 Å². The van der Waals surface area contributed by atoms with Gasteiger partial charge in [0.25, 0.3) is 0 Å². The molecule has 3 rings (SSSR count). The van der Waals surface area contributed by atoms with Crippen molar-refractivity contribution < 1.29 is 4.74 Å². The Morgan fingerprint density at radius 1 is 1.15 bits per heavy atom. The fraction of sp³-hybridized carbons (Fsp3) is 0.647. The molecular formula is C17H26N2O. The summed E-state index contributed by atoms with van der Waals surface area (Å²) in [6, 6.07) is 9.30. The van der Waals surface area contributed by atoms with Gasteiger partial charge in [-0.05, 0) is 62.4 Å². The average Bonchev–Trinajstić information content (AvgIpc) is 2.95. The number of methoxy groups -OCH3 is 1. The molecule has 0 radical (unpaired) electrons. The van der Waals surface area contributed by atoms with E-state index < -0.39 is 0 Å². The third-order valence-electron chi connectivity index (χ3n) is 4.79. The van der Waals surface area contributed by atoms with Crippen LogP contribution in [0.4, 0.5) is 0 Å². The lowest BCUT2D eigenvalue weighted by Gasteiger charge is -2.36. The first kappa shape index (κ1) is 13.9. The molecule has 0 unspecified atom stereocenters. The number of hydrogen-bond donors (Lipinski definition) is 1. The molecule has 1 aromatic rings. The van der Waals surface area contributed by atoms with Crippen LogP contribution in [0.3, 0.4) is 0 Å². The number of nitrogens with zero attached hydrogens (tertiary/aromatic N) is 1. The van der Waals surface area contributed by atoms with E-state index in [9.17, 15) is 0 Å². The second-order valence-electron chi connectivity index (χ2n) is 6.14. The number of ether oxygens (including phenoxy) is 1. The largest absolute Gasteiger partial charge is 0.497 e. The molecule has 20 heavy (non-hydrogen) atoms. The van der Waals surface area contributed by atoms with E-state index in [0.717, 1.165) is 24.3 Å². The third-order valence-corrected chi connectivity index (χ3v) is 4.79. The highest BCUT2D eigenvalue weighted by Gasteiger charge is 2.29. The monoisotopic (exact) mass is 274 g/mol. The Morgan fingerprint density at radius 3 is 2.50 bits per heavy atom. The first-order chi connectivity index (χ1) is 9.85. The van der Waals surface area contributed by atoms with Crippen molar-refractivity contribution >= 4 is 0 Å². The second-order valence-corrected chi connectivity index (χ2v) is 6.14. The highest BCUT2D eigenvalue weighted by Crippen LogP contribution is 2.37. The van der Waals surface area contributed by atoms with E-state index in [0.29, 0.717) is 0 Å². The minimum absolute atomic E-state index is 0.727. The van der Waals surface area contributed by atoms with Gasteiger partial charge in [0.15, 0.2) is 0 Å². The molecule has 1 aliphatic carbocycles. The summed E-state index contributed by atoms with van der Waals surface area (Å²) >= 11 is 0. The number of likely N-dealkylation sites (tertiary alicyclic amines) is 1. The van der Waals surface area contributed by atoms with Gasteiger partial charge < -0.3 is 15.0 Å². The molecule has 1 N–H and O–H groups in total. The highest BCUT2D eigenvalue weighted by molar-refractivity contribution is 5.30. The quantitative estimate of drug-likeness (QED) is 0.863. The first-order valence-electron chi connectivity index (χ1n) is 7.95. The van der Waals surface area contributed by atoms with Gasteiger partial charge in [0.05, 0.1) is 7.11 Å². The highest BCUT2D eigenvalue weighted by atomic mass is 16.5. The van der Waals surface area contributed by atoms with Crippen LogP contribution in [0.5, 0.6) is 5.75 Å². The summed E-state index contributed by atoms with van der Waals surface area (Å²) in [4.78, 5) is 2.58. The molecule has 1 saturated carbocycles. The first-order valence-corrected chi connectivity index (χ1v) is 7.95. The van der Waals surface area contributed by atoms with Gasteiger partial charge in [-0.1, -0.05) is 12.1 Å². The van der Waals surface area contributed by atoms with Crippen molar-refractivity contribution in [3.63, 3.8) is 0 Å². The maximum absolute atomic E-state index is 5.21.